The lowest BCUT2D eigenvalue weighted by Crippen LogP contribution is -2.50. The first-order chi connectivity index (χ1) is 21.2. The molecular formula is C36H65NO6S. The first-order valence-corrected chi connectivity index (χ1v) is 19.1. The lowest BCUT2D eigenvalue weighted by molar-refractivity contribution is -0.130. The number of allylic oxidation sites excluding steroid dienone is 7. The summed E-state index contributed by atoms with van der Waals surface area (Å²) in [6.45, 7) is 4.41. The number of unbranched alkanes of at least 4 members (excludes halogenated alkanes) is 15. The lowest BCUT2D eigenvalue weighted by atomic mass is 10.1. The monoisotopic (exact) mass is 639 g/mol. The first-order valence-electron chi connectivity index (χ1n) is 17.4. The number of amides is 1. The molecule has 0 bridgehead atoms. The Balaban J connectivity index is 4.24. The van der Waals surface area contributed by atoms with Crippen LogP contribution >= 0.6 is 0 Å². The standard InChI is InChI=1S/C36H65NO6S/c1-3-5-7-9-11-13-14-15-16-17-18-19-20-21-23-24-26-28-30-34(38)33(32-44(41,42)43)37-36(40)35(39)31-29-27-25-22-12-10-8-6-4-2/h10,12,17-18,21,23,28,30,33-35,38-39H,3-9,11,13-16,19-20,22,24-27,29,31-32H2,1-2H3,(H,37,40)(H,41,42,43)/b12-10-,18-17+,23-21+,30-28+. The Kier molecular flexibility index (Phi) is 28.8. The van der Waals surface area contributed by atoms with Crippen molar-refractivity contribution >= 4 is 16.0 Å². The molecule has 3 atom stereocenters. The van der Waals surface area contributed by atoms with E-state index in [4.69, 9.17) is 0 Å². The van der Waals surface area contributed by atoms with Gasteiger partial charge in [0.15, 0.2) is 0 Å². The molecule has 0 aromatic heterocycles. The van der Waals surface area contributed by atoms with Gasteiger partial charge in [-0.25, -0.2) is 0 Å². The fourth-order valence-electron chi connectivity index (χ4n) is 4.82. The fraction of sp³-hybridized carbons (Fsp3) is 0.750. The molecule has 0 radical (unpaired) electrons. The highest BCUT2D eigenvalue weighted by molar-refractivity contribution is 7.85. The van der Waals surface area contributed by atoms with Crippen molar-refractivity contribution in [1.82, 2.24) is 5.32 Å². The Morgan fingerprint density at radius 3 is 1.57 bits per heavy atom. The van der Waals surface area contributed by atoms with Crippen molar-refractivity contribution in [3.05, 3.63) is 48.6 Å². The SMILES string of the molecule is CCCC/C=C\CCCCCC(O)C(=O)NC(CS(=O)(=O)O)C(O)/C=C/CC/C=C/CC/C=C/CCCCCCCCCC. The summed E-state index contributed by atoms with van der Waals surface area (Å²) < 4.78 is 32.3. The van der Waals surface area contributed by atoms with Crippen LogP contribution in [0.3, 0.4) is 0 Å². The summed E-state index contributed by atoms with van der Waals surface area (Å²) in [5.74, 6) is -1.59. The average Bonchev–Trinajstić information content (AvgIpc) is 2.98. The Labute approximate surface area is 270 Å². The van der Waals surface area contributed by atoms with Gasteiger partial charge in [0.1, 0.15) is 6.10 Å². The number of rotatable bonds is 30. The van der Waals surface area contributed by atoms with Crippen LogP contribution in [0, 0.1) is 0 Å². The van der Waals surface area contributed by atoms with Gasteiger partial charge in [0.25, 0.3) is 10.1 Å². The van der Waals surface area contributed by atoms with Crippen molar-refractivity contribution < 1.29 is 28.0 Å². The van der Waals surface area contributed by atoms with Crippen LogP contribution in [0.25, 0.3) is 0 Å². The molecule has 0 rings (SSSR count). The number of hydrogen-bond acceptors (Lipinski definition) is 5. The van der Waals surface area contributed by atoms with E-state index in [2.05, 4.69) is 55.6 Å². The van der Waals surface area contributed by atoms with Gasteiger partial charge in [0, 0.05) is 0 Å². The fourth-order valence-corrected chi connectivity index (χ4v) is 5.55. The third kappa shape index (κ3) is 29.0. The molecule has 0 fully saturated rings. The maximum atomic E-state index is 12.5. The van der Waals surface area contributed by atoms with Gasteiger partial charge in [0.2, 0.25) is 5.91 Å². The van der Waals surface area contributed by atoms with E-state index in [1.165, 1.54) is 70.3 Å². The van der Waals surface area contributed by atoms with Gasteiger partial charge in [-0.2, -0.15) is 8.42 Å². The zero-order chi connectivity index (χ0) is 32.7. The minimum absolute atomic E-state index is 0.247. The van der Waals surface area contributed by atoms with Crippen LogP contribution in [0.15, 0.2) is 48.6 Å². The van der Waals surface area contributed by atoms with Crippen molar-refractivity contribution in [2.45, 2.75) is 167 Å². The number of aliphatic hydroxyl groups is 2. The smallest absolute Gasteiger partial charge is 0.267 e. The van der Waals surface area contributed by atoms with Crippen LogP contribution in [0.4, 0.5) is 0 Å². The van der Waals surface area contributed by atoms with E-state index in [-0.39, 0.29) is 6.42 Å². The molecule has 0 aromatic carbocycles. The van der Waals surface area contributed by atoms with Gasteiger partial charge in [-0.1, -0.05) is 133 Å². The Morgan fingerprint density at radius 1 is 0.614 bits per heavy atom. The van der Waals surface area contributed by atoms with Gasteiger partial charge >= 0.3 is 0 Å². The largest absolute Gasteiger partial charge is 0.387 e. The zero-order valence-corrected chi connectivity index (χ0v) is 28.7. The van der Waals surface area contributed by atoms with Crippen LogP contribution < -0.4 is 5.32 Å². The van der Waals surface area contributed by atoms with Crippen molar-refractivity contribution in [1.29, 1.82) is 0 Å². The van der Waals surface area contributed by atoms with Gasteiger partial charge in [0.05, 0.1) is 17.9 Å². The summed E-state index contributed by atoms with van der Waals surface area (Å²) >= 11 is 0. The summed E-state index contributed by atoms with van der Waals surface area (Å²) in [5.41, 5.74) is 0. The Hall–Kier alpha value is -1.74. The normalized spacial score (nSPS) is 14.8. The zero-order valence-electron chi connectivity index (χ0n) is 27.9. The maximum absolute atomic E-state index is 12.5. The second kappa shape index (κ2) is 29.9. The van der Waals surface area contributed by atoms with E-state index < -0.39 is 40.0 Å². The number of aliphatic hydroxyl groups excluding tert-OH is 2. The molecule has 4 N–H and O–H groups in total. The van der Waals surface area contributed by atoms with Gasteiger partial charge in [-0.05, 0) is 64.2 Å². The summed E-state index contributed by atoms with van der Waals surface area (Å²) in [7, 11) is -4.45. The van der Waals surface area contributed by atoms with Crippen molar-refractivity contribution in [3.63, 3.8) is 0 Å². The molecule has 7 nitrogen and oxygen atoms in total. The molecule has 0 aliphatic carbocycles. The molecule has 0 saturated carbocycles. The highest BCUT2D eigenvalue weighted by atomic mass is 32.2. The molecule has 0 aromatic rings. The summed E-state index contributed by atoms with van der Waals surface area (Å²) in [6, 6.07) is -1.26. The summed E-state index contributed by atoms with van der Waals surface area (Å²) in [6.07, 6.45) is 36.1. The molecule has 0 heterocycles. The van der Waals surface area contributed by atoms with Crippen molar-refractivity contribution in [3.8, 4) is 0 Å². The highest BCUT2D eigenvalue weighted by Crippen LogP contribution is 2.11. The van der Waals surface area contributed by atoms with E-state index in [1.54, 1.807) is 6.08 Å². The molecule has 1 amide bonds. The predicted octanol–water partition coefficient (Wildman–Crippen LogP) is 8.54. The molecule has 0 aliphatic rings. The predicted molar refractivity (Wildman–Crippen MR) is 185 cm³/mol. The van der Waals surface area contributed by atoms with Crippen LogP contribution in [-0.2, 0) is 14.9 Å². The van der Waals surface area contributed by atoms with Crippen LogP contribution in [0.1, 0.15) is 149 Å². The number of hydrogen-bond donors (Lipinski definition) is 4. The van der Waals surface area contributed by atoms with Gasteiger partial charge in [-0.15, -0.1) is 0 Å². The first kappa shape index (κ1) is 42.3. The number of nitrogens with one attached hydrogen (secondary N) is 1. The van der Waals surface area contributed by atoms with E-state index >= 15 is 0 Å². The second-order valence-corrected chi connectivity index (χ2v) is 13.4. The average molecular weight is 640 g/mol. The molecule has 0 saturated heterocycles. The molecule has 44 heavy (non-hydrogen) atoms. The molecule has 256 valence electrons. The third-order valence-corrected chi connectivity index (χ3v) is 8.34. The molecule has 8 heteroatoms. The minimum atomic E-state index is -4.45. The van der Waals surface area contributed by atoms with E-state index in [0.717, 1.165) is 51.4 Å². The van der Waals surface area contributed by atoms with Crippen molar-refractivity contribution in [2.75, 3.05) is 5.75 Å². The van der Waals surface area contributed by atoms with Crippen LogP contribution in [0.2, 0.25) is 0 Å². The number of carbonyl (C=O) groups is 1. The maximum Gasteiger partial charge on any atom is 0.267 e. The van der Waals surface area contributed by atoms with E-state index in [0.29, 0.717) is 12.8 Å². The van der Waals surface area contributed by atoms with Crippen molar-refractivity contribution in [2.24, 2.45) is 0 Å². The summed E-state index contributed by atoms with van der Waals surface area (Å²) in [4.78, 5) is 12.5. The van der Waals surface area contributed by atoms with Crippen LogP contribution in [0.5, 0.6) is 0 Å². The molecular weight excluding hydrogens is 574 g/mol. The van der Waals surface area contributed by atoms with Crippen LogP contribution in [-0.4, -0.2) is 53.1 Å². The topological polar surface area (TPSA) is 124 Å². The third-order valence-electron chi connectivity index (χ3n) is 7.56. The second-order valence-electron chi connectivity index (χ2n) is 11.9. The highest BCUT2D eigenvalue weighted by Gasteiger charge is 2.27. The Bertz CT molecular complexity index is 896. The van der Waals surface area contributed by atoms with E-state index in [9.17, 15) is 28.0 Å². The summed E-state index contributed by atoms with van der Waals surface area (Å²) in [5, 5.41) is 23.1. The molecule has 3 unspecified atom stereocenters. The quantitative estimate of drug-likeness (QED) is 0.0355. The minimum Gasteiger partial charge on any atom is -0.387 e. The Morgan fingerprint density at radius 2 is 1.05 bits per heavy atom. The van der Waals surface area contributed by atoms with Gasteiger partial charge in [-0.3, -0.25) is 9.35 Å². The molecule has 0 spiro atoms. The number of carbonyl (C=O) groups excluding carboxylic acids is 1. The van der Waals surface area contributed by atoms with E-state index in [1.807, 2.05) is 0 Å². The van der Waals surface area contributed by atoms with Gasteiger partial charge < -0.3 is 15.5 Å². The lowest BCUT2D eigenvalue weighted by Gasteiger charge is -2.22. The molecule has 0 aliphatic heterocycles.